The second-order valence-corrected chi connectivity index (χ2v) is 3.91. The number of nitrogens with one attached hydrogen (secondary N) is 2. The van der Waals surface area contributed by atoms with E-state index >= 15 is 0 Å². The number of amides is 1. The minimum absolute atomic E-state index is 0.146. The summed E-state index contributed by atoms with van der Waals surface area (Å²) in [5, 5.41) is 5.87. The second kappa shape index (κ2) is 6.53. The van der Waals surface area contributed by atoms with Gasteiger partial charge in [0.1, 0.15) is 0 Å². The van der Waals surface area contributed by atoms with Crippen molar-refractivity contribution in [3.8, 4) is 0 Å². The lowest BCUT2D eigenvalue weighted by molar-refractivity contribution is -0.117. The highest BCUT2D eigenvalue weighted by atomic mass is 16.1. The summed E-state index contributed by atoms with van der Waals surface area (Å²) in [6.07, 6.45) is 0. The van der Waals surface area contributed by atoms with Crippen molar-refractivity contribution in [2.45, 2.75) is 13.5 Å². The second-order valence-electron chi connectivity index (χ2n) is 3.91. The van der Waals surface area contributed by atoms with E-state index < -0.39 is 0 Å². The quantitative estimate of drug-likeness (QED) is 0.734. The average Bonchev–Trinajstić information content (AvgIpc) is 2.34. The fourth-order valence-corrected chi connectivity index (χ4v) is 1.22. The van der Waals surface area contributed by atoms with Crippen LogP contribution in [0.2, 0.25) is 0 Å². The summed E-state index contributed by atoms with van der Waals surface area (Å²) in [5.41, 5.74) is 2.46. The fourth-order valence-electron chi connectivity index (χ4n) is 1.22. The van der Waals surface area contributed by atoms with Gasteiger partial charge < -0.3 is 10.6 Å². The Morgan fingerprint density at radius 3 is 2.41 bits per heavy atom. The van der Waals surface area contributed by atoms with Crippen molar-refractivity contribution in [2.24, 2.45) is 0 Å². The highest BCUT2D eigenvalue weighted by molar-refractivity contribution is 5.92. The van der Waals surface area contributed by atoms with Crippen LogP contribution in [-0.2, 0) is 11.3 Å². The van der Waals surface area contributed by atoms with Gasteiger partial charge in [0.15, 0.2) is 0 Å². The third-order valence-corrected chi connectivity index (χ3v) is 2.24. The summed E-state index contributed by atoms with van der Waals surface area (Å²) in [6.45, 7) is 10.2. The Morgan fingerprint density at radius 2 is 1.82 bits per heavy atom. The van der Waals surface area contributed by atoms with Crippen LogP contribution in [0, 0.1) is 0 Å². The predicted molar refractivity (Wildman–Crippen MR) is 70.2 cm³/mol. The monoisotopic (exact) mass is 230 g/mol. The Kier molecular flexibility index (Phi) is 5.01. The molecule has 0 aliphatic carbocycles. The van der Waals surface area contributed by atoms with Crippen molar-refractivity contribution in [3.05, 3.63) is 60.3 Å². The Bertz CT molecular complexity index is 409. The van der Waals surface area contributed by atoms with Gasteiger partial charge in [0, 0.05) is 17.8 Å². The molecular weight excluding hydrogens is 212 g/mol. The van der Waals surface area contributed by atoms with E-state index in [9.17, 15) is 4.79 Å². The summed E-state index contributed by atoms with van der Waals surface area (Å²) in [5.74, 6) is -0.146. The molecule has 0 aromatic heterocycles. The third-order valence-electron chi connectivity index (χ3n) is 2.24. The zero-order valence-electron chi connectivity index (χ0n) is 10.1. The van der Waals surface area contributed by atoms with Gasteiger partial charge in [0.2, 0.25) is 5.91 Å². The van der Waals surface area contributed by atoms with E-state index in [1.807, 2.05) is 30.3 Å². The number of hydrogen-bond acceptors (Lipinski definition) is 2. The molecular formula is C14H18N2O. The first-order valence-corrected chi connectivity index (χ1v) is 5.49. The summed E-state index contributed by atoms with van der Waals surface area (Å²) in [7, 11) is 0. The first kappa shape index (κ1) is 13.0. The first-order chi connectivity index (χ1) is 8.09. The maximum Gasteiger partial charge on any atom is 0.246 e. The lowest BCUT2D eigenvalue weighted by Crippen LogP contribution is -2.29. The largest absolute Gasteiger partial charge is 0.383 e. The lowest BCUT2D eigenvalue weighted by Gasteiger charge is -2.10. The molecule has 2 N–H and O–H groups in total. The fraction of sp³-hybridized carbons (Fsp3) is 0.214. The van der Waals surface area contributed by atoms with Crippen molar-refractivity contribution in [2.75, 3.05) is 6.54 Å². The predicted octanol–water partition coefficient (Wildman–Crippen LogP) is 1.98. The van der Waals surface area contributed by atoms with Crippen molar-refractivity contribution in [3.63, 3.8) is 0 Å². The van der Waals surface area contributed by atoms with Crippen molar-refractivity contribution < 1.29 is 4.79 Å². The molecule has 0 heterocycles. The van der Waals surface area contributed by atoms with E-state index in [0.29, 0.717) is 18.7 Å². The summed E-state index contributed by atoms with van der Waals surface area (Å²) >= 11 is 0. The molecule has 1 rings (SSSR count). The van der Waals surface area contributed by atoms with Gasteiger partial charge in [-0.2, -0.15) is 0 Å². The Labute approximate surface area is 102 Å². The van der Waals surface area contributed by atoms with Crippen molar-refractivity contribution >= 4 is 5.91 Å². The van der Waals surface area contributed by atoms with E-state index in [-0.39, 0.29) is 5.91 Å². The molecule has 17 heavy (non-hydrogen) atoms. The number of rotatable bonds is 6. The van der Waals surface area contributed by atoms with Gasteiger partial charge in [-0.1, -0.05) is 43.5 Å². The van der Waals surface area contributed by atoms with Crippen LogP contribution < -0.4 is 10.6 Å². The van der Waals surface area contributed by atoms with Crippen LogP contribution >= 0.6 is 0 Å². The van der Waals surface area contributed by atoms with Gasteiger partial charge in [-0.3, -0.25) is 4.79 Å². The molecule has 0 radical (unpaired) electrons. The van der Waals surface area contributed by atoms with Crippen LogP contribution in [-0.4, -0.2) is 12.5 Å². The van der Waals surface area contributed by atoms with Crippen LogP contribution in [0.1, 0.15) is 12.5 Å². The molecule has 0 spiro atoms. The van der Waals surface area contributed by atoms with E-state index in [1.54, 1.807) is 6.92 Å². The van der Waals surface area contributed by atoms with Gasteiger partial charge in [-0.15, -0.1) is 0 Å². The van der Waals surface area contributed by atoms with Gasteiger partial charge in [0.25, 0.3) is 0 Å². The van der Waals surface area contributed by atoms with E-state index in [2.05, 4.69) is 23.8 Å². The van der Waals surface area contributed by atoms with E-state index in [4.69, 9.17) is 0 Å². The maximum atomic E-state index is 11.2. The molecule has 90 valence electrons. The van der Waals surface area contributed by atoms with Gasteiger partial charge >= 0.3 is 0 Å². The summed E-state index contributed by atoms with van der Waals surface area (Å²) in [6, 6.07) is 10.0. The normalized spacial score (nSPS) is 9.47. The van der Waals surface area contributed by atoms with Crippen LogP contribution in [0.3, 0.4) is 0 Å². The molecule has 1 amide bonds. The highest BCUT2D eigenvalue weighted by Gasteiger charge is 2.01. The standard InChI is InChI=1S/C14H18N2O/c1-11(2)14(17)16-9-12(3)15-10-13-7-5-4-6-8-13/h4-8,15H,1,3,9-10H2,2H3,(H,16,17). The zero-order chi connectivity index (χ0) is 12.7. The molecule has 0 atom stereocenters. The molecule has 0 saturated carbocycles. The zero-order valence-corrected chi connectivity index (χ0v) is 10.1. The minimum Gasteiger partial charge on any atom is -0.383 e. The smallest absolute Gasteiger partial charge is 0.246 e. The van der Waals surface area contributed by atoms with Crippen LogP contribution in [0.15, 0.2) is 54.8 Å². The molecule has 1 aromatic carbocycles. The molecule has 0 fully saturated rings. The Morgan fingerprint density at radius 1 is 1.18 bits per heavy atom. The molecule has 0 aliphatic rings. The molecule has 0 unspecified atom stereocenters. The van der Waals surface area contributed by atoms with Gasteiger partial charge in [-0.25, -0.2) is 0 Å². The van der Waals surface area contributed by atoms with Gasteiger partial charge in [-0.05, 0) is 12.5 Å². The van der Waals surface area contributed by atoms with Crippen molar-refractivity contribution in [1.82, 2.24) is 10.6 Å². The van der Waals surface area contributed by atoms with Crippen LogP contribution in [0.25, 0.3) is 0 Å². The molecule has 0 bridgehead atoms. The molecule has 3 heteroatoms. The van der Waals surface area contributed by atoms with E-state index in [0.717, 1.165) is 5.70 Å². The third kappa shape index (κ3) is 5.02. The highest BCUT2D eigenvalue weighted by Crippen LogP contribution is 1.98. The Hall–Kier alpha value is -2.03. The lowest BCUT2D eigenvalue weighted by atomic mass is 10.2. The summed E-state index contributed by atoms with van der Waals surface area (Å²) < 4.78 is 0. The van der Waals surface area contributed by atoms with Crippen molar-refractivity contribution in [1.29, 1.82) is 0 Å². The first-order valence-electron chi connectivity index (χ1n) is 5.49. The topological polar surface area (TPSA) is 41.1 Å². The maximum absolute atomic E-state index is 11.2. The van der Waals surface area contributed by atoms with Crippen LogP contribution in [0.5, 0.6) is 0 Å². The number of hydrogen-bond donors (Lipinski definition) is 2. The Balaban J connectivity index is 2.27. The SMILES string of the molecule is C=C(CNC(=O)C(=C)C)NCc1ccccc1. The number of benzene rings is 1. The average molecular weight is 230 g/mol. The molecule has 0 aliphatic heterocycles. The number of carbonyl (C=O) groups excluding carboxylic acids is 1. The number of carbonyl (C=O) groups is 1. The van der Waals surface area contributed by atoms with E-state index in [1.165, 1.54) is 5.56 Å². The minimum atomic E-state index is -0.146. The summed E-state index contributed by atoms with van der Waals surface area (Å²) in [4.78, 5) is 11.2. The molecule has 1 aromatic rings. The van der Waals surface area contributed by atoms with Gasteiger partial charge in [0.05, 0.1) is 6.54 Å². The molecule has 0 saturated heterocycles. The van der Waals surface area contributed by atoms with Crippen LogP contribution in [0.4, 0.5) is 0 Å². The molecule has 3 nitrogen and oxygen atoms in total.